The molecule has 2 aromatic rings. The van der Waals surface area contributed by atoms with Gasteiger partial charge >= 0.3 is 5.97 Å². The molecule has 3 rings (SSSR count). The van der Waals surface area contributed by atoms with E-state index in [0.29, 0.717) is 25.2 Å². The zero-order valence-electron chi connectivity index (χ0n) is 14.1. The normalized spacial score (nSPS) is 17.3. The molecule has 5 heteroatoms. The summed E-state index contributed by atoms with van der Waals surface area (Å²) in [7, 11) is 1.84. The van der Waals surface area contributed by atoms with Crippen molar-refractivity contribution in [1.29, 1.82) is 0 Å². The molecule has 24 heavy (non-hydrogen) atoms. The average Bonchev–Trinajstić information content (AvgIpc) is 3.09. The molecule has 0 spiro atoms. The number of aromatic nitrogens is 1. The van der Waals surface area contributed by atoms with Crippen LogP contribution in [0.15, 0.2) is 42.5 Å². The zero-order chi connectivity index (χ0) is 17.1. The van der Waals surface area contributed by atoms with E-state index in [9.17, 15) is 9.59 Å². The van der Waals surface area contributed by atoms with Crippen molar-refractivity contribution < 1.29 is 14.3 Å². The largest absolute Gasteiger partial charge is 0.461 e. The molecule has 1 aromatic heterocycles. The number of esters is 1. The van der Waals surface area contributed by atoms with Crippen molar-refractivity contribution in [2.45, 2.75) is 19.9 Å². The van der Waals surface area contributed by atoms with Gasteiger partial charge in [-0.1, -0.05) is 30.3 Å². The molecular weight excluding hydrogens is 304 g/mol. The van der Waals surface area contributed by atoms with Crippen LogP contribution in [0, 0.1) is 12.8 Å². The number of ether oxygens (including phenoxy) is 1. The van der Waals surface area contributed by atoms with Crippen LogP contribution in [0.3, 0.4) is 0 Å². The Balaban J connectivity index is 1.53. The Labute approximate surface area is 141 Å². The Morgan fingerprint density at radius 2 is 1.96 bits per heavy atom. The first-order chi connectivity index (χ1) is 11.5. The minimum Gasteiger partial charge on any atom is -0.461 e. The van der Waals surface area contributed by atoms with E-state index in [4.69, 9.17) is 4.74 Å². The van der Waals surface area contributed by atoms with Gasteiger partial charge in [0.2, 0.25) is 5.91 Å². The molecule has 1 fully saturated rings. The summed E-state index contributed by atoms with van der Waals surface area (Å²) in [5, 5.41) is 0. The maximum Gasteiger partial charge on any atom is 0.354 e. The third-order valence-corrected chi connectivity index (χ3v) is 4.54. The highest BCUT2D eigenvalue weighted by Gasteiger charge is 2.30. The summed E-state index contributed by atoms with van der Waals surface area (Å²) >= 11 is 0. The van der Waals surface area contributed by atoms with Gasteiger partial charge in [0.1, 0.15) is 5.69 Å². The summed E-state index contributed by atoms with van der Waals surface area (Å²) in [6, 6.07) is 13.6. The van der Waals surface area contributed by atoms with E-state index in [1.54, 1.807) is 6.07 Å². The molecule has 1 saturated heterocycles. The number of benzene rings is 1. The molecule has 1 aromatic carbocycles. The quantitative estimate of drug-likeness (QED) is 0.794. The third kappa shape index (κ3) is 3.50. The average molecular weight is 326 g/mol. The summed E-state index contributed by atoms with van der Waals surface area (Å²) in [6.45, 7) is 3.46. The second-order valence-corrected chi connectivity index (χ2v) is 6.35. The van der Waals surface area contributed by atoms with Crippen LogP contribution in [0.25, 0.3) is 0 Å². The van der Waals surface area contributed by atoms with Crippen molar-refractivity contribution in [3.63, 3.8) is 0 Å². The lowest BCUT2D eigenvalue weighted by Crippen LogP contribution is -2.25. The van der Waals surface area contributed by atoms with Crippen molar-refractivity contribution in [2.24, 2.45) is 13.0 Å². The SMILES string of the molecule is Cc1ccc(C(=O)OCC2CC(=O)N(Cc3ccccc3)C2)n1C. The van der Waals surface area contributed by atoms with Gasteiger partial charge in [0.05, 0.1) is 6.61 Å². The van der Waals surface area contributed by atoms with Gasteiger partial charge in [0, 0.05) is 38.2 Å². The number of hydrogen-bond acceptors (Lipinski definition) is 3. The number of aryl methyl sites for hydroxylation is 1. The summed E-state index contributed by atoms with van der Waals surface area (Å²) in [4.78, 5) is 26.1. The van der Waals surface area contributed by atoms with Crippen molar-refractivity contribution in [1.82, 2.24) is 9.47 Å². The second-order valence-electron chi connectivity index (χ2n) is 6.35. The Hall–Kier alpha value is -2.56. The number of amides is 1. The first-order valence-electron chi connectivity index (χ1n) is 8.15. The lowest BCUT2D eigenvalue weighted by atomic mass is 10.1. The fourth-order valence-electron chi connectivity index (χ4n) is 3.01. The molecule has 2 heterocycles. The van der Waals surface area contributed by atoms with Crippen LogP contribution in [0.2, 0.25) is 0 Å². The highest BCUT2D eigenvalue weighted by Crippen LogP contribution is 2.21. The van der Waals surface area contributed by atoms with Gasteiger partial charge in [0.25, 0.3) is 0 Å². The number of nitrogens with zero attached hydrogens (tertiary/aromatic N) is 2. The van der Waals surface area contributed by atoms with E-state index >= 15 is 0 Å². The van der Waals surface area contributed by atoms with Crippen LogP contribution < -0.4 is 0 Å². The van der Waals surface area contributed by atoms with E-state index in [1.165, 1.54) is 0 Å². The lowest BCUT2D eigenvalue weighted by molar-refractivity contribution is -0.128. The van der Waals surface area contributed by atoms with Crippen molar-refractivity contribution >= 4 is 11.9 Å². The predicted molar refractivity (Wildman–Crippen MR) is 90.4 cm³/mol. The lowest BCUT2D eigenvalue weighted by Gasteiger charge is -2.16. The van der Waals surface area contributed by atoms with Crippen LogP contribution >= 0.6 is 0 Å². The van der Waals surface area contributed by atoms with Crippen LogP contribution in [0.4, 0.5) is 0 Å². The molecule has 0 aliphatic carbocycles. The topological polar surface area (TPSA) is 51.5 Å². The van der Waals surface area contributed by atoms with Gasteiger partial charge < -0.3 is 14.2 Å². The van der Waals surface area contributed by atoms with Gasteiger partial charge in [-0.15, -0.1) is 0 Å². The summed E-state index contributed by atoms with van der Waals surface area (Å²) in [5.41, 5.74) is 2.66. The van der Waals surface area contributed by atoms with Crippen LogP contribution in [-0.4, -0.2) is 34.5 Å². The molecule has 1 aliphatic heterocycles. The molecule has 5 nitrogen and oxygen atoms in total. The smallest absolute Gasteiger partial charge is 0.354 e. The van der Waals surface area contributed by atoms with Crippen LogP contribution in [0.5, 0.6) is 0 Å². The molecular formula is C19H22N2O3. The molecule has 0 saturated carbocycles. The molecule has 126 valence electrons. The Kier molecular flexibility index (Phi) is 4.69. The molecule has 1 amide bonds. The fraction of sp³-hybridized carbons (Fsp3) is 0.368. The summed E-state index contributed by atoms with van der Waals surface area (Å²) in [6.07, 6.45) is 0.437. The standard InChI is InChI=1S/C19H22N2O3/c1-14-8-9-17(20(14)2)19(23)24-13-16-10-18(22)21(12-16)11-15-6-4-3-5-7-15/h3-9,16H,10-13H2,1-2H3. The summed E-state index contributed by atoms with van der Waals surface area (Å²) < 4.78 is 7.22. The van der Waals surface area contributed by atoms with Crippen LogP contribution in [-0.2, 0) is 23.1 Å². The number of carbonyl (C=O) groups is 2. The van der Waals surface area contributed by atoms with E-state index in [1.807, 2.05) is 59.8 Å². The highest BCUT2D eigenvalue weighted by atomic mass is 16.5. The van der Waals surface area contributed by atoms with Crippen molar-refractivity contribution in [3.05, 3.63) is 59.4 Å². The van der Waals surface area contributed by atoms with E-state index in [-0.39, 0.29) is 24.4 Å². The number of carbonyl (C=O) groups excluding carboxylic acids is 2. The first kappa shape index (κ1) is 16.3. The Morgan fingerprint density at radius 3 is 2.62 bits per heavy atom. The Morgan fingerprint density at radius 1 is 1.21 bits per heavy atom. The monoisotopic (exact) mass is 326 g/mol. The number of rotatable bonds is 5. The molecule has 1 unspecified atom stereocenters. The maximum atomic E-state index is 12.1. The zero-order valence-corrected chi connectivity index (χ0v) is 14.1. The van der Waals surface area contributed by atoms with Gasteiger partial charge in [-0.25, -0.2) is 4.79 Å². The van der Waals surface area contributed by atoms with E-state index in [2.05, 4.69) is 0 Å². The summed E-state index contributed by atoms with van der Waals surface area (Å²) in [5.74, 6) is -0.152. The predicted octanol–water partition coefficient (Wildman–Crippen LogP) is 2.54. The number of likely N-dealkylation sites (tertiary alicyclic amines) is 1. The van der Waals surface area contributed by atoms with E-state index in [0.717, 1.165) is 11.3 Å². The molecule has 0 bridgehead atoms. The molecule has 0 radical (unpaired) electrons. The molecule has 1 atom stereocenters. The Bertz CT molecular complexity index is 736. The highest BCUT2D eigenvalue weighted by molar-refractivity contribution is 5.88. The van der Waals surface area contributed by atoms with Gasteiger partial charge in [0.15, 0.2) is 0 Å². The minimum atomic E-state index is -0.334. The first-order valence-corrected chi connectivity index (χ1v) is 8.15. The number of hydrogen-bond donors (Lipinski definition) is 0. The van der Waals surface area contributed by atoms with Gasteiger partial charge in [-0.05, 0) is 24.6 Å². The minimum absolute atomic E-state index is 0.0616. The third-order valence-electron chi connectivity index (χ3n) is 4.54. The van der Waals surface area contributed by atoms with Crippen molar-refractivity contribution in [2.75, 3.05) is 13.2 Å². The second kappa shape index (κ2) is 6.91. The van der Waals surface area contributed by atoms with Gasteiger partial charge in [-0.3, -0.25) is 4.79 Å². The molecule has 0 N–H and O–H groups in total. The fourth-order valence-corrected chi connectivity index (χ4v) is 3.01. The maximum absolute atomic E-state index is 12.1. The van der Waals surface area contributed by atoms with E-state index < -0.39 is 0 Å². The van der Waals surface area contributed by atoms with Gasteiger partial charge in [-0.2, -0.15) is 0 Å². The van der Waals surface area contributed by atoms with Crippen molar-refractivity contribution in [3.8, 4) is 0 Å². The van der Waals surface area contributed by atoms with Crippen LogP contribution in [0.1, 0.15) is 28.2 Å². The molecule has 1 aliphatic rings.